The maximum atomic E-state index is 13.4. The molecule has 23 heteroatoms. The van der Waals surface area contributed by atoms with E-state index >= 15 is 0 Å². The predicted octanol–water partition coefficient (Wildman–Crippen LogP) is 16.8. The van der Waals surface area contributed by atoms with E-state index in [4.69, 9.17) is 4.74 Å². The van der Waals surface area contributed by atoms with Crippen molar-refractivity contribution in [2.24, 2.45) is 107 Å². The van der Waals surface area contributed by atoms with Crippen molar-refractivity contribution in [1.29, 1.82) is 0 Å². The topological polar surface area (TPSA) is 278 Å². The van der Waals surface area contributed by atoms with E-state index in [1.165, 1.54) is 107 Å². The van der Waals surface area contributed by atoms with E-state index in [1.807, 2.05) is 30.6 Å². The molecular weight excluding hydrogens is 1760 g/mol. The zero-order valence-corrected chi connectivity index (χ0v) is 85.8. The van der Waals surface area contributed by atoms with Crippen molar-refractivity contribution in [3.63, 3.8) is 0 Å². The second-order valence-corrected chi connectivity index (χ2v) is 46.4. The summed E-state index contributed by atoms with van der Waals surface area (Å²) in [5.41, 5.74) is 22.1. The molecule has 0 aromatic heterocycles. The number of hydrogen-bond acceptors (Lipinski definition) is 13. The molecule has 24 atom stereocenters. The highest BCUT2D eigenvalue weighted by Gasteiger charge is 2.71. The Bertz CT molecular complexity index is 6020. The zero-order valence-electron chi connectivity index (χ0n) is 85.8. The number of hydrogen-bond donors (Lipinski definition) is 2. The first-order valence-corrected chi connectivity index (χ1v) is 53.2. The molecule has 6 aromatic carbocycles. The van der Waals surface area contributed by atoms with Gasteiger partial charge in [0.15, 0.2) is 0 Å². The van der Waals surface area contributed by atoms with Crippen LogP contribution in [0.3, 0.4) is 0 Å². The van der Waals surface area contributed by atoms with Gasteiger partial charge in [0.25, 0.3) is 0 Å². The van der Waals surface area contributed by atoms with E-state index in [9.17, 15) is 63.2 Å². The molecule has 18 aliphatic rings. The van der Waals surface area contributed by atoms with Gasteiger partial charge >= 0.3 is 11.9 Å². The van der Waals surface area contributed by atoms with Crippen molar-refractivity contribution in [1.82, 2.24) is 39.6 Å². The predicted molar refractivity (Wildman–Crippen MR) is 535 cm³/mol. The molecule has 0 bridgehead atoms. The summed E-state index contributed by atoms with van der Waals surface area (Å²) in [5.74, 6) is 3.39. The van der Waals surface area contributed by atoms with E-state index in [1.54, 1.807) is 7.05 Å². The summed E-state index contributed by atoms with van der Waals surface area (Å²) in [7, 11) is 3.16. The molecule has 6 spiro atoms. The number of carboxylic acid groups (broad SMARTS) is 1. The maximum Gasteiger partial charge on any atom is 0.309 e. The summed E-state index contributed by atoms with van der Waals surface area (Å²) in [6.45, 7) is 38.5. The average Bonchev–Trinajstić information content (AvgIpc) is 1.57. The Kier molecular flexibility index (Phi) is 25.9. The minimum absolute atomic E-state index is 0.00888. The van der Waals surface area contributed by atoms with Crippen LogP contribution in [0.2, 0.25) is 0 Å². The first kappa shape index (κ1) is 98.2. The Balaban J connectivity index is 0.000000107. The van der Waals surface area contributed by atoms with Crippen LogP contribution >= 0.6 is 0 Å². The molecule has 140 heavy (non-hydrogen) atoms. The third-order valence-electron chi connectivity index (χ3n) is 39.2. The fourth-order valence-corrected chi connectivity index (χ4v) is 33.8. The maximum absolute atomic E-state index is 13.4. The number of amides is 8. The van der Waals surface area contributed by atoms with Gasteiger partial charge in [0.05, 0.1) is 52.2 Å². The molecule has 12 aliphatic heterocycles. The standard InChI is InChI=1S/C23H32N2O2.C20H26N2O2.C19H23NO3.C19H25NO.C18H22N2O3.C18H21NO3/c1-5-24(6-2)22(27)21-16(4)14-23-18-10-9-15(3)12-17(18)8-7-11-25(23)20(26)13-19(21)23;1-12-6-7-15-14(9-12)5-4-8-22-17(23)10-16-18(19(24)21-3)13(2)11-20(15,16)22;1-11-4-5-14-13(8-11)6-7-20-16(21)9-15-17(18(22)23-3)12(2)10-19(14,15)20;1-12-6-7-16-15(9-12)5-4-8-20-18(21)10-17-14(3)13(2)11-19(16,17)20;1-11-3-4-13-5-6-19-17(21)8-16-14(10-20(22)23)12(2)9-18(16,19)15(13)7-11;1-10-3-4-12-5-6-19-15(20)8-14-16(17(21)22)11(2)9-18(14,19)13(12)7-10/h9-10,12,16,19,21H,5-8,11,13-14H2,1-4H3;6-7,9,13,16,18H,4-5,8,10-11H2,1-3H3,(H,21,24);4-5,8,12,15,17H,6-7,9-10H2,1-3H3;6-7,9,13-14,17H,4-5,8,10-11H2,1-3H3;3-4,7,12,14,16H,5-6,8-10H2,1-2H3;3-4,7,11,14,16H,5-6,8-9H2,1-2H3,(H,21,22)/t16-,19-,21+,23?;13-,16-,18+,20?;12-,15-,17+,19-;13-,14+,17-,19?;12-,14+,16-,18-;11-,14-,16+,18-/m000000/s1. The Labute approximate surface area is 827 Å². The zero-order chi connectivity index (χ0) is 99.5. The van der Waals surface area contributed by atoms with Crippen LogP contribution in [0.15, 0.2) is 109 Å². The smallest absolute Gasteiger partial charge is 0.309 e. The lowest BCUT2D eigenvalue weighted by Crippen LogP contribution is -2.49. The van der Waals surface area contributed by atoms with Gasteiger partial charge in [0.1, 0.15) is 0 Å². The van der Waals surface area contributed by atoms with Crippen LogP contribution in [0.5, 0.6) is 0 Å². The molecular formula is C117H149N9O14. The van der Waals surface area contributed by atoms with Crippen molar-refractivity contribution in [3.05, 3.63) is 219 Å². The molecule has 6 aromatic rings. The van der Waals surface area contributed by atoms with Crippen LogP contribution in [0, 0.1) is 158 Å². The number of esters is 1. The number of nitro groups is 1. The average molecular weight is 1910 g/mol. The summed E-state index contributed by atoms with van der Waals surface area (Å²) < 4.78 is 5.06. The summed E-state index contributed by atoms with van der Waals surface area (Å²) >= 11 is 0. The van der Waals surface area contributed by atoms with Crippen molar-refractivity contribution in [3.8, 4) is 0 Å². The molecule has 2 N–H and O–H groups in total. The molecule has 3 unspecified atom stereocenters. The molecule has 6 aliphatic carbocycles. The Hall–Kier alpha value is -10.6. The molecule has 24 rings (SSSR count). The Morgan fingerprint density at radius 3 is 1.08 bits per heavy atom. The Morgan fingerprint density at radius 2 is 0.686 bits per heavy atom. The number of nitrogens with zero attached hydrogens (tertiary/aromatic N) is 8. The Morgan fingerprint density at radius 1 is 0.386 bits per heavy atom. The largest absolute Gasteiger partial charge is 0.481 e. The number of benzene rings is 6. The second-order valence-electron chi connectivity index (χ2n) is 46.4. The number of aryl methyl sites for hydroxylation is 9. The highest BCUT2D eigenvalue weighted by molar-refractivity contribution is 5.90. The van der Waals surface area contributed by atoms with E-state index < -0.39 is 11.9 Å². The van der Waals surface area contributed by atoms with Crippen LogP contribution in [-0.4, -0.2) is 177 Å². The molecule has 6 saturated heterocycles. The summed E-state index contributed by atoms with van der Waals surface area (Å²) in [5, 5.41) is 23.6. The van der Waals surface area contributed by atoms with Crippen LogP contribution in [0.1, 0.15) is 259 Å². The molecule has 6 saturated carbocycles. The number of carboxylic acids is 1. The number of rotatable bonds is 8. The van der Waals surface area contributed by atoms with E-state index in [-0.39, 0.29) is 169 Å². The lowest BCUT2D eigenvalue weighted by atomic mass is 9.74. The van der Waals surface area contributed by atoms with Gasteiger partial charge in [0, 0.05) is 150 Å². The minimum atomic E-state index is -0.746. The SMILES string of the molecule is CCN(CC)C(=O)[C@@H]1[C@@H](C)CC23c4ccc(C)cc4CCCN2C(=O)C[C@@H]13.CNC(=O)[C@@H]1[C@@H](C)CC23c4ccc(C)cc4CCCN2C(=O)C[C@@H]13.COC(=O)[C@@H]1[C@@H](C)C[C@@]23c4ccc(C)cc4CCN2C(=O)C[C@@H]13.Cc1ccc2c(c1)CCCN1C(=O)C[C@H]3[C@H](C)[C@@H](C)CC231.Cc1ccc2c(c1)[C@@]13C[C@H](C)[C@@H](C(=O)O)[C@@H]1CC(=O)N3CC2.Cc1ccc2c(c1)[C@@]13C[C@H](C)[C@@H](C[N+](=O)[O-])[C@@H]1CC(=O)N3CC2. The van der Waals surface area contributed by atoms with E-state index in [0.717, 1.165) is 155 Å². The number of fused-ring (bicyclic) bond motifs is 6. The van der Waals surface area contributed by atoms with Crippen LogP contribution < -0.4 is 5.32 Å². The highest BCUT2D eigenvalue weighted by Crippen LogP contribution is 2.68. The fourth-order valence-electron chi connectivity index (χ4n) is 33.8. The molecule has 23 nitrogen and oxygen atoms in total. The highest BCUT2D eigenvalue weighted by atomic mass is 16.6. The quantitative estimate of drug-likeness (QED) is 0.0814. The minimum Gasteiger partial charge on any atom is -0.481 e. The van der Waals surface area contributed by atoms with Crippen molar-refractivity contribution in [2.45, 2.75) is 272 Å². The van der Waals surface area contributed by atoms with Gasteiger partial charge in [-0.2, -0.15) is 0 Å². The third-order valence-corrected chi connectivity index (χ3v) is 39.2. The fraction of sp³-hybridized carbons (Fsp3) is 0.607. The summed E-state index contributed by atoms with van der Waals surface area (Å²) in [6.07, 6.45) is 17.6. The third kappa shape index (κ3) is 15.2. The molecule has 12 fully saturated rings. The van der Waals surface area contributed by atoms with Gasteiger partial charge in [-0.05, 0) is 266 Å². The molecule has 746 valence electrons. The number of nitrogens with one attached hydrogen (secondary N) is 1. The number of ether oxygens (including phenoxy) is 1. The second kappa shape index (κ2) is 37.0. The molecule has 0 radical (unpaired) electrons. The lowest BCUT2D eigenvalue weighted by molar-refractivity contribution is -0.491. The van der Waals surface area contributed by atoms with E-state index in [2.05, 4.69) is 222 Å². The normalized spacial score (nSPS) is 34.9. The van der Waals surface area contributed by atoms with Crippen LogP contribution in [0.4, 0.5) is 0 Å². The summed E-state index contributed by atoms with van der Waals surface area (Å²) in [4.78, 5) is 152. The first-order chi connectivity index (χ1) is 66.8. The number of methoxy groups -OCH3 is 1. The van der Waals surface area contributed by atoms with Gasteiger partial charge in [-0.25, -0.2) is 0 Å². The lowest BCUT2D eigenvalue weighted by Gasteiger charge is -2.44. The number of carbonyl (C=O) groups is 10. The van der Waals surface area contributed by atoms with Crippen molar-refractivity contribution < 1.29 is 62.7 Å². The summed E-state index contributed by atoms with van der Waals surface area (Å²) in [6, 6.07) is 39.9. The van der Waals surface area contributed by atoms with Gasteiger partial charge in [-0.1, -0.05) is 191 Å². The van der Waals surface area contributed by atoms with Crippen molar-refractivity contribution >= 4 is 59.2 Å². The van der Waals surface area contributed by atoms with Gasteiger partial charge in [0.2, 0.25) is 53.8 Å². The number of carbonyl (C=O) groups excluding carboxylic acids is 9. The number of aliphatic carboxylic acids is 1. The van der Waals surface area contributed by atoms with Crippen LogP contribution in [0.25, 0.3) is 0 Å². The van der Waals surface area contributed by atoms with E-state index in [0.29, 0.717) is 61.7 Å². The van der Waals surface area contributed by atoms with Crippen LogP contribution in [-0.2, 0) is 124 Å². The van der Waals surface area contributed by atoms with Gasteiger partial charge in [-0.3, -0.25) is 58.1 Å². The monoisotopic (exact) mass is 1900 g/mol. The first-order valence-electron chi connectivity index (χ1n) is 53.2. The van der Waals surface area contributed by atoms with Gasteiger partial charge < -0.3 is 49.5 Å². The van der Waals surface area contributed by atoms with Gasteiger partial charge in [-0.15, -0.1) is 0 Å². The molecule has 12 heterocycles. The van der Waals surface area contributed by atoms with Crippen molar-refractivity contribution in [2.75, 3.05) is 73.1 Å². The molecule has 8 amide bonds.